The number of unbranched alkanes of at least 4 members (excludes halogenated alkanes) is 3. The Bertz CT molecular complexity index is 320. The second-order valence-corrected chi connectivity index (χ2v) is 4.68. The van der Waals surface area contributed by atoms with Gasteiger partial charge in [-0.3, -0.25) is 4.79 Å². The summed E-state index contributed by atoms with van der Waals surface area (Å²) < 4.78 is 2.17. The van der Waals surface area contributed by atoms with Gasteiger partial charge < -0.3 is 9.88 Å². The molecular formula is C13H23N3O. The van der Waals surface area contributed by atoms with Crippen molar-refractivity contribution in [1.82, 2.24) is 14.9 Å². The minimum atomic E-state index is 0.505. The molecule has 0 radical (unpaired) electrons. The van der Waals surface area contributed by atoms with Crippen molar-refractivity contribution in [1.29, 1.82) is 0 Å². The van der Waals surface area contributed by atoms with Gasteiger partial charge in [-0.15, -0.1) is 0 Å². The average molecular weight is 237 g/mol. The number of amides is 1. The van der Waals surface area contributed by atoms with E-state index in [0.717, 1.165) is 25.9 Å². The molecule has 0 aliphatic rings. The largest absolute Gasteiger partial charge is 0.359 e. The molecule has 0 saturated heterocycles. The highest BCUT2D eigenvalue weighted by Crippen LogP contribution is 2.11. The van der Waals surface area contributed by atoms with Crippen LogP contribution in [0.3, 0.4) is 0 Å². The van der Waals surface area contributed by atoms with Crippen LogP contribution in [0.4, 0.5) is 0 Å². The van der Waals surface area contributed by atoms with Crippen LogP contribution in [0.25, 0.3) is 0 Å². The molecule has 0 spiro atoms. The molecule has 1 rings (SSSR count). The molecule has 1 aromatic heterocycles. The number of nitrogens with zero attached hydrogens (tertiary/aromatic N) is 2. The van der Waals surface area contributed by atoms with Crippen molar-refractivity contribution in [2.24, 2.45) is 0 Å². The molecule has 0 atom stereocenters. The van der Waals surface area contributed by atoms with E-state index in [9.17, 15) is 4.79 Å². The maximum absolute atomic E-state index is 10.0. The number of nitrogens with one attached hydrogen (secondary N) is 1. The lowest BCUT2D eigenvalue weighted by atomic mass is 10.1. The summed E-state index contributed by atoms with van der Waals surface area (Å²) in [4.78, 5) is 14.4. The van der Waals surface area contributed by atoms with E-state index in [2.05, 4.69) is 34.9 Å². The third-order valence-corrected chi connectivity index (χ3v) is 2.82. The molecule has 0 aromatic carbocycles. The van der Waals surface area contributed by atoms with E-state index in [1.54, 1.807) is 0 Å². The van der Waals surface area contributed by atoms with Gasteiger partial charge in [0, 0.05) is 19.3 Å². The van der Waals surface area contributed by atoms with Crippen molar-refractivity contribution in [2.45, 2.75) is 52.0 Å². The molecule has 0 unspecified atom stereocenters. The monoisotopic (exact) mass is 237 g/mol. The van der Waals surface area contributed by atoms with Crippen LogP contribution >= 0.6 is 0 Å². The Kier molecular flexibility index (Phi) is 6.37. The van der Waals surface area contributed by atoms with Crippen LogP contribution in [-0.2, 0) is 11.3 Å². The molecule has 0 aliphatic heterocycles. The number of hydrogen-bond donors (Lipinski definition) is 1. The van der Waals surface area contributed by atoms with Gasteiger partial charge in [0.2, 0.25) is 6.41 Å². The highest BCUT2D eigenvalue weighted by Gasteiger charge is 2.02. The molecule has 0 aliphatic carbocycles. The second kappa shape index (κ2) is 7.87. The molecule has 17 heavy (non-hydrogen) atoms. The number of carbonyl (C=O) groups is 1. The van der Waals surface area contributed by atoms with E-state index < -0.39 is 0 Å². The van der Waals surface area contributed by atoms with E-state index in [0.29, 0.717) is 5.92 Å². The van der Waals surface area contributed by atoms with Gasteiger partial charge in [0.05, 0.1) is 12.0 Å². The Morgan fingerprint density at radius 2 is 2.12 bits per heavy atom. The number of aryl methyl sites for hydroxylation is 1. The van der Waals surface area contributed by atoms with Crippen LogP contribution in [0, 0.1) is 0 Å². The average Bonchev–Trinajstić information content (AvgIpc) is 2.77. The zero-order chi connectivity index (χ0) is 12.5. The summed E-state index contributed by atoms with van der Waals surface area (Å²) in [6.07, 6.45) is 9.44. The van der Waals surface area contributed by atoms with Crippen molar-refractivity contribution in [3.63, 3.8) is 0 Å². The fourth-order valence-electron chi connectivity index (χ4n) is 1.73. The minimum absolute atomic E-state index is 0.505. The fourth-order valence-corrected chi connectivity index (χ4v) is 1.73. The number of hydrogen-bond acceptors (Lipinski definition) is 2. The SMILES string of the molecule is CC(C)c1cn(CCCCCCNC=O)cn1. The van der Waals surface area contributed by atoms with Gasteiger partial charge in [-0.25, -0.2) is 4.98 Å². The molecule has 4 heteroatoms. The van der Waals surface area contributed by atoms with E-state index in [1.807, 2.05) is 6.33 Å². The quantitative estimate of drug-likeness (QED) is 0.529. The molecule has 0 fully saturated rings. The van der Waals surface area contributed by atoms with E-state index in [-0.39, 0.29) is 0 Å². The molecule has 1 heterocycles. The Morgan fingerprint density at radius 1 is 1.35 bits per heavy atom. The first-order valence-electron chi connectivity index (χ1n) is 6.42. The summed E-state index contributed by atoms with van der Waals surface area (Å²) in [6, 6.07) is 0. The Labute approximate surface area is 103 Å². The Hall–Kier alpha value is -1.32. The molecule has 96 valence electrons. The number of aromatic nitrogens is 2. The maximum Gasteiger partial charge on any atom is 0.207 e. The van der Waals surface area contributed by atoms with E-state index in [4.69, 9.17) is 0 Å². The lowest BCUT2D eigenvalue weighted by Gasteiger charge is -2.03. The van der Waals surface area contributed by atoms with Gasteiger partial charge in [0.15, 0.2) is 0 Å². The molecular weight excluding hydrogens is 214 g/mol. The third-order valence-electron chi connectivity index (χ3n) is 2.82. The van der Waals surface area contributed by atoms with Crippen molar-refractivity contribution < 1.29 is 4.79 Å². The summed E-state index contributed by atoms with van der Waals surface area (Å²) in [5, 5.41) is 2.68. The van der Waals surface area contributed by atoms with Crippen LogP contribution in [0.5, 0.6) is 0 Å². The maximum atomic E-state index is 10.0. The van der Waals surface area contributed by atoms with Gasteiger partial charge >= 0.3 is 0 Å². The van der Waals surface area contributed by atoms with Crippen molar-refractivity contribution in [3.05, 3.63) is 18.2 Å². The smallest absolute Gasteiger partial charge is 0.207 e. The predicted molar refractivity (Wildman–Crippen MR) is 68.9 cm³/mol. The topological polar surface area (TPSA) is 46.9 Å². The standard InChI is InChI=1S/C13H23N3O/c1-12(2)13-9-16(10-15-13)8-6-4-3-5-7-14-11-17/h9-12H,3-8H2,1-2H3,(H,14,17). The number of rotatable bonds is 9. The molecule has 0 saturated carbocycles. The van der Waals surface area contributed by atoms with E-state index >= 15 is 0 Å². The molecule has 1 amide bonds. The number of imidazole rings is 1. The lowest BCUT2D eigenvalue weighted by molar-refractivity contribution is -0.109. The zero-order valence-corrected chi connectivity index (χ0v) is 10.9. The second-order valence-electron chi connectivity index (χ2n) is 4.68. The molecule has 0 bridgehead atoms. The first-order chi connectivity index (χ1) is 8.24. The lowest BCUT2D eigenvalue weighted by Crippen LogP contribution is -2.11. The first kappa shape index (κ1) is 13.7. The van der Waals surface area contributed by atoms with Crippen LogP contribution in [0.15, 0.2) is 12.5 Å². The van der Waals surface area contributed by atoms with Gasteiger partial charge in [-0.05, 0) is 18.8 Å². The fraction of sp³-hybridized carbons (Fsp3) is 0.692. The van der Waals surface area contributed by atoms with Crippen LogP contribution in [0.2, 0.25) is 0 Å². The van der Waals surface area contributed by atoms with Crippen LogP contribution < -0.4 is 5.32 Å². The van der Waals surface area contributed by atoms with Crippen LogP contribution in [0.1, 0.15) is 51.1 Å². The van der Waals surface area contributed by atoms with Gasteiger partial charge in [0.1, 0.15) is 0 Å². The summed E-state index contributed by atoms with van der Waals surface area (Å²) in [5.74, 6) is 0.505. The van der Waals surface area contributed by atoms with Gasteiger partial charge in [-0.1, -0.05) is 26.7 Å². The highest BCUT2D eigenvalue weighted by molar-refractivity contribution is 5.45. The molecule has 1 N–H and O–H groups in total. The number of carbonyl (C=O) groups excluding carboxylic acids is 1. The molecule has 4 nitrogen and oxygen atoms in total. The Balaban J connectivity index is 2.07. The summed E-state index contributed by atoms with van der Waals surface area (Å²) >= 11 is 0. The van der Waals surface area contributed by atoms with Gasteiger partial charge in [0.25, 0.3) is 0 Å². The van der Waals surface area contributed by atoms with Crippen LogP contribution in [-0.4, -0.2) is 22.5 Å². The first-order valence-corrected chi connectivity index (χ1v) is 6.42. The summed E-state index contributed by atoms with van der Waals surface area (Å²) in [6.45, 7) is 6.16. The highest BCUT2D eigenvalue weighted by atomic mass is 16.1. The van der Waals surface area contributed by atoms with Crippen molar-refractivity contribution in [3.8, 4) is 0 Å². The third kappa shape index (κ3) is 5.52. The summed E-state index contributed by atoms with van der Waals surface area (Å²) in [5.41, 5.74) is 1.17. The van der Waals surface area contributed by atoms with Gasteiger partial charge in [-0.2, -0.15) is 0 Å². The predicted octanol–water partition coefficient (Wildman–Crippen LogP) is 2.31. The molecule has 1 aromatic rings. The van der Waals surface area contributed by atoms with Crippen molar-refractivity contribution >= 4 is 6.41 Å². The van der Waals surface area contributed by atoms with Crippen molar-refractivity contribution in [2.75, 3.05) is 6.54 Å². The zero-order valence-electron chi connectivity index (χ0n) is 10.9. The Morgan fingerprint density at radius 3 is 2.76 bits per heavy atom. The normalized spacial score (nSPS) is 10.8. The van der Waals surface area contributed by atoms with E-state index in [1.165, 1.54) is 25.0 Å². The summed E-state index contributed by atoms with van der Waals surface area (Å²) in [7, 11) is 0. The minimum Gasteiger partial charge on any atom is -0.359 e.